The van der Waals surface area contributed by atoms with Gasteiger partial charge in [-0.25, -0.2) is 0 Å². The van der Waals surface area contributed by atoms with Gasteiger partial charge >= 0.3 is 0 Å². The van der Waals surface area contributed by atoms with Crippen molar-refractivity contribution in [3.05, 3.63) is 53.6 Å². The summed E-state index contributed by atoms with van der Waals surface area (Å²) >= 11 is 1.26. The Morgan fingerprint density at radius 2 is 1.87 bits per heavy atom. The van der Waals surface area contributed by atoms with Gasteiger partial charge < -0.3 is 5.32 Å². The molecule has 0 saturated heterocycles. The normalized spacial score (nSPS) is 15.9. The summed E-state index contributed by atoms with van der Waals surface area (Å²) in [7, 11) is 0. The second kappa shape index (κ2) is 7.81. The second-order valence-corrected chi connectivity index (χ2v) is 9.41. The van der Waals surface area contributed by atoms with E-state index in [2.05, 4.69) is 20.8 Å². The predicted molar refractivity (Wildman–Crippen MR) is 121 cm³/mol. The number of carbonyl (C=O) groups excluding carboxylic acids is 2. The summed E-state index contributed by atoms with van der Waals surface area (Å²) in [5, 5.41) is 14.9. The van der Waals surface area contributed by atoms with Crippen molar-refractivity contribution >= 4 is 35.0 Å². The molecule has 31 heavy (non-hydrogen) atoms. The molecule has 0 aliphatic carbocycles. The number of aromatic nitrogens is 4. The molecule has 1 atom stereocenters. The molecule has 1 unspecified atom stereocenters. The number of carbonyl (C=O) groups is 2. The molecule has 0 bridgehead atoms. The average Bonchev–Trinajstić information content (AvgIpc) is 3.18. The zero-order valence-electron chi connectivity index (χ0n) is 18.1. The van der Waals surface area contributed by atoms with Crippen molar-refractivity contribution in [3.63, 3.8) is 0 Å². The topological polar surface area (TPSA) is 93.0 Å². The standard InChI is InChI=1S/C22H24N6O2S/c1-13-10-11-16(12-14(13)2)28-21(24-25-26-28)31-15(3)19(29)27-18-9-7-6-8-17(18)23-20(30)22(27,4)5/h6-12,15H,1-5H3,(H,23,30). The van der Waals surface area contributed by atoms with Crippen LogP contribution in [0.15, 0.2) is 47.6 Å². The van der Waals surface area contributed by atoms with Crippen molar-refractivity contribution in [2.45, 2.75) is 50.6 Å². The highest BCUT2D eigenvalue weighted by Gasteiger charge is 2.45. The van der Waals surface area contributed by atoms with Crippen LogP contribution in [0, 0.1) is 13.8 Å². The van der Waals surface area contributed by atoms with Crippen LogP contribution in [0.25, 0.3) is 5.69 Å². The molecule has 1 N–H and O–H groups in total. The van der Waals surface area contributed by atoms with E-state index in [-0.39, 0.29) is 11.8 Å². The van der Waals surface area contributed by atoms with Gasteiger partial charge in [0.25, 0.3) is 0 Å². The van der Waals surface area contributed by atoms with Crippen LogP contribution in [-0.2, 0) is 9.59 Å². The van der Waals surface area contributed by atoms with Gasteiger partial charge in [0.2, 0.25) is 17.0 Å². The van der Waals surface area contributed by atoms with E-state index in [0.29, 0.717) is 16.5 Å². The smallest absolute Gasteiger partial charge is 0.250 e. The quantitative estimate of drug-likeness (QED) is 0.629. The van der Waals surface area contributed by atoms with Crippen molar-refractivity contribution in [2.75, 3.05) is 10.2 Å². The van der Waals surface area contributed by atoms with Crippen molar-refractivity contribution in [2.24, 2.45) is 0 Å². The first-order valence-electron chi connectivity index (χ1n) is 9.97. The fraction of sp³-hybridized carbons (Fsp3) is 0.318. The Kier molecular flexibility index (Phi) is 5.30. The van der Waals surface area contributed by atoms with E-state index in [4.69, 9.17) is 0 Å². The Morgan fingerprint density at radius 1 is 1.13 bits per heavy atom. The largest absolute Gasteiger partial charge is 0.322 e. The van der Waals surface area contributed by atoms with Crippen molar-refractivity contribution in [1.29, 1.82) is 0 Å². The number of tetrazole rings is 1. The minimum absolute atomic E-state index is 0.188. The minimum atomic E-state index is -1.03. The van der Waals surface area contributed by atoms with E-state index in [1.54, 1.807) is 36.4 Å². The molecular weight excluding hydrogens is 412 g/mol. The third-order valence-electron chi connectivity index (χ3n) is 5.53. The highest BCUT2D eigenvalue weighted by atomic mass is 32.2. The lowest BCUT2D eigenvalue weighted by atomic mass is 9.96. The van der Waals surface area contributed by atoms with Crippen LogP contribution in [0.4, 0.5) is 11.4 Å². The molecule has 0 radical (unpaired) electrons. The molecule has 8 nitrogen and oxygen atoms in total. The van der Waals surface area contributed by atoms with Gasteiger partial charge in [0.1, 0.15) is 5.54 Å². The number of anilines is 2. The highest BCUT2D eigenvalue weighted by molar-refractivity contribution is 8.00. The lowest BCUT2D eigenvalue weighted by molar-refractivity contribution is -0.126. The number of nitrogens with zero attached hydrogens (tertiary/aromatic N) is 5. The van der Waals surface area contributed by atoms with E-state index in [1.165, 1.54) is 17.3 Å². The van der Waals surface area contributed by atoms with Gasteiger partial charge in [-0.1, -0.05) is 30.0 Å². The van der Waals surface area contributed by atoms with Crippen LogP contribution in [0.1, 0.15) is 31.9 Å². The maximum Gasteiger partial charge on any atom is 0.250 e. The first-order chi connectivity index (χ1) is 14.7. The molecular formula is C22H24N6O2S. The predicted octanol–water partition coefficient (Wildman–Crippen LogP) is 3.52. The first-order valence-corrected chi connectivity index (χ1v) is 10.9. The Hall–Kier alpha value is -3.20. The lowest BCUT2D eigenvalue weighted by Gasteiger charge is -2.43. The molecule has 0 saturated carbocycles. The van der Waals surface area contributed by atoms with Crippen molar-refractivity contribution in [1.82, 2.24) is 20.2 Å². The molecule has 1 aromatic heterocycles. The summed E-state index contributed by atoms with van der Waals surface area (Å²) in [5.41, 5.74) is 3.42. The second-order valence-electron chi connectivity index (χ2n) is 8.11. The molecule has 0 spiro atoms. The third kappa shape index (κ3) is 3.69. The number of nitrogens with one attached hydrogen (secondary N) is 1. The third-order valence-corrected chi connectivity index (χ3v) is 6.55. The van der Waals surface area contributed by atoms with Crippen LogP contribution in [-0.4, -0.2) is 42.8 Å². The fourth-order valence-corrected chi connectivity index (χ4v) is 4.36. The molecule has 4 rings (SSSR count). The highest BCUT2D eigenvalue weighted by Crippen LogP contribution is 2.38. The number of aryl methyl sites for hydroxylation is 2. The summed E-state index contributed by atoms with van der Waals surface area (Å²) in [6.45, 7) is 9.36. The van der Waals surface area contributed by atoms with Crippen LogP contribution in [0.5, 0.6) is 0 Å². The molecule has 160 valence electrons. The SMILES string of the molecule is Cc1ccc(-n2nnnc2SC(C)C(=O)N2c3ccccc3NC(=O)C2(C)C)cc1C. The number of fused-ring (bicyclic) bond motifs is 1. The van der Waals surface area contributed by atoms with E-state index < -0.39 is 10.8 Å². The Labute approximate surface area is 185 Å². The van der Waals surface area contributed by atoms with Gasteiger partial charge in [-0.05, 0) is 80.4 Å². The van der Waals surface area contributed by atoms with Crippen LogP contribution >= 0.6 is 11.8 Å². The number of amides is 2. The number of thioether (sulfide) groups is 1. The molecule has 9 heteroatoms. The average molecular weight is 437 g/mol. The van der Waals surface area contributed by atoms with Gasteiger partial charge in [0.05, 0.1) is 22.3 Å². The number of para-hydroxylation sites is 2. The van der Waals surface area contributed by atoms with Crippen molar-refractivity contribution in [3.8, 4) is 5.69 Å². The van der Waals surface area contributed by atoms with Gasteiger partial charge in [-0.3, -0.25) is 14.5 Å². The van der Waals surface area contributed by atoms with Gasteiger partial charge in [0.15, 0.2) is 0 Å². The summed E-state index contributed by atoms with van der Waals surface area (Å²) < 4.78 is 1.63. The van der Waals surface area contributed by atoms with E-state index in [1.807, 2.05) is 50.2 Å². The molecule has 3 aromatic rings. The zero-order chi connectivity index (χ0) is 22.3. The van der Waals surface area contributed by atoms with Crippen LogP contribution in [0.3, 0.4) is 0 Å². The molecule has 2 amide bonds. The number of benzene rings is 2. The number of hydrogen-bond donors (Lipinski definition) is 1. The Balaban J connectivity index is 1.64. The molecule has 1 aliphatic rings. The lowest BCUT2D eigenvalue weighted by Crippen LogP contribution is -2.60. The fourth-order valence-electron chi connectivity index (χ4n) is 3.51. The van der Waals surface area contributed by atoms with Crippen LogP contribution < -0.4 is 10.2 Å². The first kappa shape index (κ1) is 21.0. The molecule has 1 aliphatic heterocycles. The molecule has 0 fully saturated rings. The zero-order valence-corrected chi connectivity index (χ0v) is 18.9. The summed E-state index contributed by atoms with van der Waals surface area (Å²) in [6.07, 6.45) is 0. The van der Waals surface area contributed by atoms with E-state index in [0.717, 1.165) is 11.3 Å². The molecule has 2 heterocycles. The van der Waals surface area contributed by atoms with E-state index >= 15 is 0 Å². The maximum absolute atomic E-state index is 13.5. The van der Waals surface area contributed by atoms with Gasteiger partial charge in [-0.15, -0.1) is 5.10 Å². The number of hydrogen-bond acceptors (Lipinski definition) is 6. The van der Waals surface area contributed by atoms with Gasteiger partial charge in [-0.2, -0.15) is 4.68 Å². The Bertz CT molecular complexity index is 1170. The summed E-state index contributed by atoms with van der Waals surface area (Å²) in [4.78, 5) is 27.8. The van der Waals surface area contributed by atoms with Crippen LogP contribution in [0.2, 0.25) is 0 Å². The van der Waals surface area contributed by atoms with Crippen molar-refractivity contribution < 1.29 is 9.59 Å². The monoisotopic (exact) mass is 436 g/mol. The summed E-state index contributed by atoms with van der Waals surface area (Å²) in [6, 6.07) is 13.3. The van der Waals surface area contributed by atoms with E-state index in [9.17, 15) is 9.59 Å². The molecule has 2 aromatic carbocycles. The Morgan fingerprint density at radius 3 is 2.61 bits per heavy atom. The summed E-state index contributed by atoms with van der Waals surface area (Å²) in [5.74, 6) is -0.413. The number of rotatable bonds is 4. The maximum atomic E-state index is 13.5. The van der Waals surface area contributed by atoms with Gasteiger partial charge in [0, 0.05) is 0 Å². The minimum Gasteiger partial charge on any atom is -0.322 e.